The van der Waals surface area contributed by atoms with Gasteiger partial charge in [0, 0.05) is 12.0 Å². The minimum Gasteiger partial charge on any atom is -0.308 e. The number of hydrogen-bond donors (Lipinski definition) is 0. The fourth-order valence-electron chi connectivity index (χ4n) is 6.84. The van der Waals surface area contributed by atoms with E-state index < -0.39 is 0 Å². The Morgan fingerprint density at radius 3 is 2.31 bits per heavy atom. The number of carbonyl (C=O) groups is 1. The predicted molar refractivity (Wildman–Crippen MR) is 109 cm³/mol. The summed E-state index contributed by atoms with van der Waals surface area (Å²) in [5, 5.41) is 0. The number of benzene rings is 1. The molecule has 0 amide bonds. The quantitative estimate of drug-likeness (QED) is 0.746. The van der Waals surface area contributed by atoms with E-state index in [1.165, 1.54) is 30.6 Å². The molecule has 7 rings (SSSR count). The lowest BCUT2D eigenvalue weighted by Crippen LogP contribution is -2.53. The fourth-order valence-corrected chi connectivity index (χ4v) is 6.84. The first-order chi connectivity index (χ1) is 12.2. The van der Waals surface area contributed by atoms with Gasteiger partial charge in [0.2, 0.25) is 5.96 Å². The largest absolute Gasteiger partial charge is 0.308 e. The first kappa shape index (κ1) is 16.8. The Hall–Kier alpha value is -1.36. The summed E-state index contributed by atoms with van der Waals surface area (Å²) in [6.07, 6.45) is 7.63. The van der Waals surface area contributed by atoms with E-state index in [2.05, 4.69) is 34.1 Å². The predicted octanol–water partition coefficient (Wildman–Crippen LogP) is 4.05. The minimum atomic E-state index is -0.0176. The molecular weight excluding hydrogens is 390 g/mol. The molecule has 4 aliphatic carbocycles. The lowest BCUT2D eigenvalue weighted by atomic mass is 9.48. The van der Waals surface area contributed by atoms with Crippen LogP contribution in [0.4, 0.5) is 11.4 Å². The van der Waals surface area contributed by atoms with Crippen LogP contribution in [0.2, 0.25) is 0 Å². The molecular formula is C21H26BrN3O. The molecule has 4 nitrogen and oxygen atoms in total. The fraction of sp³-hybridized carbons (Fsp3) is 0.619. The van der Waals surface area contributed by atoms with Gasteiger partial charge in [-0.3, -0.25) is 9.79 Å². The van der Waals surface area contributed by atoms with Crippen molar-refractivity contribution >= 4 is 40.1 Å². The van der Waals surface area contributed by atoms with Gasteiger partial charge in [-0.2, -0.15) is 0 Å². The molecule has 26 heavy (non-hydrogen) atoms. The molecule has 2 aliphatic heterocycles. The topological polar surface area (TPSA) is 35.9 Å². The first-order valence-corrected chi connectivity index (χ1v) is 9.94. The number of Topliss-reactive ketones (excluding diaryl/α,β-unsaturated/α-hetero) is 1. The van der Waals surface area contributed by atoms with Gasteiger partial charge in [-0.15, -0.1) is 17.0 Å². The Labute approximate surface area is 165 Å². The molecule has 5 heteroatoms. The van der Waals surface area contributed by atoms with Crippen molar-refractivity contribution in [1.29, 1.82) is 0 Å². The summed E-state index contributed by atoms with van der Waals surface area (Å²) in [7, 11) is 0. The number of para-hydroxylation sites is 2. The van der Waals surface area contributed by atoms with Gasteiger partial charge in [0.1, 0.15) is 0 Å². The molecule has 0 atom stereocenters. The van der Waals surface area contributed by atoms with Crippen molar-refractivity contribution in [3.63, 3.8) is 0 Å². The minimum absolute atomic E-state index is 0. The molecule has 0 unspecified atom stereocenters. The van der Waals surface area contributed by atoms with Gasteiger partial charge < -0.3 is 9.80 Å². The second-order valence-electron chi connectivity index (χ2n) is 9.03. The molecule has 0 N–H and O–H groups in total. The van der Waals surface area contributed by atoms with Gasteiger partial charge >= 0.3 is 0 Å². The average Bonchev–Trinajstić information content (AvgIpc) is 3.17. The summed E-state index contributed by atoms with van der Waals surface area (Å²) >= 11 is 0. The average molecular weight is 416 g/mol. The van der Waals surface area contributed by atoms with E-state index in [1.54, 1.807) is 0 Å². The zero-order valence-electron chi connectivity index (χ0n) is 15.1. The van der Waals surface area contributed by atoms with Crippen LogP contribution in [-0.2, 0) is 4.79 Å². The lowest BCUT2D eigenvalue weighted by molar-refractivity contribution is -0.142. The number of nitrogens with zero attached hydrogens (tertiary/aromatic N) is 3. The molecule has 4 saturated carbocycles. The summed E-state index contributed by atoms with van der Waals surface area (Å²) in [5.41, 5.74) is 2.37. The zero-order valence-corrected chi connectivity index (χ0v) is 16.8. The number of ketones is 1. The number of guanidine groups is 1. The standard InChI is InChI=1S/C21H25N3O.BrH/c25-19(21-10-14-7-15(11-21)9-16(8-14)12-21)13-24-18-4-2-1-3-17(18)23-6-5-22-20(23)24;/h1-4,14-16H,5-13H2;1H. The van der Waals surface area contributed by atoms with E-state index in [0.717, 1.165) is 56.1 Å². The Balaban J connectivity index is 0.00000150. The van der Waals surface area contributed by atoms with Crippen LogP contribution in [0.25, 0.3) is 0 Å². The van der Waals surface area contributed by atoms with E-state index in [9.17, 15) is 4.79 Å². The van der Waals surface area contributed by atoms with Crippen molar-refractivity contribution < 1.29 is 4.79 Å². The molecule has 138 valence electrons. The van der Waals surface area contributed by atoms with Crippen LogP contribution in [0, 0.1) is 23.2 Å². The number of halogens is 1. The van der Waals surface area contributed by atoms with E-state index in [0.29, 0.717) is 12.3 Å². The van der Waals surface area contributed by atoms with Crippen molar-refractivity contribution in [1.82, 2.24) is 0 Å². The van der Waals surface area contributed by atoms with Crippen LogP contribution in [0.3, 0.4) is 0 Å². The maximum Gasteiger partial charge on any atom is 0.206 e. The summed E-state index contributed by atoms with van der Waals surface area (Å²) in [6.45, 7) is 2.29. The van der Waals surface area contributed by atoms with Crippen molar-refractivity contribution in [3.8, 4) is 0 Å². The normalized spacial score (nSPS) is 35.8. The van der Waals surface area contributed by atoms with Gasteiger partial charge in [-0.05, 0) is 68.4 Å². The first-order valence-electron chi connectivity index (χ1n) is 9.94. The van der Waals surface area contributed by atoms with E-state index in [-0.39, 0.29) is 22.4 Å². The lowest BCUT2D eigenvalue weighted by Gasteiger charge is -2.56. The highest BCUT2D eigenvalue weighted by Gasteiger charge is 2.54. The van der Waals surface area contributed by atoms with Gasteiger partial charge in [0.15, 0.2) is 5.78 Å². The monoisotopic (exact) mass is 415 g/mol. The van der Waals surface area contributed by atoms with Gasteiger partial charge in [-0.1, -0.05) is 12.1 Å². The number of rotatable bonds is 3. The highest BCUT2D eigenvalue weighted by molar-refractivity contribution is 8.93. The Bertz CT molecular complexity index is 754. The van der Waals surface area contributed by atoms with Crippen LogP contribution in [0.5, 0.6) is 0 Å². The van der Waals surface area contributed by atoms with Crippen LogP contribution in [-0.4, -0.2) is 31.4 Å². The number of fused-ring (bicyclic) bond motifs is 3. The number of hydrogen-bond acceptors (Lipinski definition) is 4. The highest BCUT2D eigenvalue weighted by Crippen LogP contribution is 2.60. The SMILES string of the molecule is Br.O=C(CN1C2=NCCN2c2ccccc21)C12CC3CC(CC(C3)C1)C2. The van der Waals surface area contributed by atoms with E-state index in [4.69, 9.17) is 4.99 Å². The van der Waals surface area contributed by atoms with Gasteiger partial charge in [-0.25, -0.2) is 0 Å². The molecule has 0 spiro atoms. The Morgan fingerprint density at radius 2 is 1.65 bits per heavy atom. The van der Waals surface area contributed by atoms with Crippen molar-refractivity contribution in [2.24, 2.45) is 28.2 Å². The molecule has 4 fully saturated rings. The maximum absolute atomic E-state index is 13.5. The van der Waals surface area contributed by atoms with Crippen LogP contribution in [0.1, 0.15) is 38.5 Å². The second kappa shape index (κ2) is 5.82. The van der Waals surface area contributed by atoms with Gasteiger partial charge in [0.25, 0.3) is 0 Å². The van der Waals surface area contributed by atoms with Crippen molar-refractivity contribution in [2.45, 2.75) is 38.5 Å². The number of aliphatic imine (C=N–C) groups is 1. The van der Waals surface area contributed by atoms with E-state index >= 15 is 0 Å². The highest BCUT2D eigenvalue weighted by atomic mass is 79.9. The van der Waals surface area contributed by atoms with E-state index in [1.807, 2.05) is 0 Å². The van der Waals surface area contributed by atoms with Crippen LogP contribution in [0.15, 0.2) is 29.3 Å². The maximum atomic E-state index is 13.5. The third-order valence-corrected chi connectivity index (χ3v) is 7.45. The smallest absolute Gasteiger partial charge is 0.206 e. The third kappa shape index (κ3) is 2.25. The molecule has 4 bridgehead atoms. The van der Waals surface area contributed by atoms with Crippen LogP contribution >= 0.6 is 17.0 Å². The summed E-state index contributed by atoms with van der Waals surface area (Å²) in [6, 6.07) is 8.46. The summed E-state index contributed by atoms with van der Waals surface area (Å²) in [4.78, 5) is 22.7. The molecule has 6 aliphatic rings. The third-order valence-electron chi connectivity index (χ3n) is 7.45. The van der Waals surface area contributed by atoms with Crippen LogP contribution < -0.4 is 9.80 Å². The molecule has 0 aromatic heterocycles. The van der Waals surface area contributed by atoms with Crippen molar-refractivity contribution in [2.75, 3.05) is 29.4 Å². The Morgan fingerprint density at radius 1 is 1.04 bits per heavy atom. The zero-order chi connectivity index (χ0) is 16.6. The summed E-state index contributed by atoms with van der Waals surface area (Å²) in [5.74, 6) is 3.95. The number of carbonyl (C=O) groups excluding carboxylic acids is 1. The summed E-state index contributed by atoms with van der Waals surface area (Å²) < 4.78 is 0. The molecule has 0 saturated heterocycles. The van der Waals surface area contributed by atoms with Crippen molar-refractivity contribution in [3.05, 3.63) is 24.3 Å². The molecule has 2 heterocycles. The molecule has 1 aromatic rings. The second-order valence-corrected chi connectivity index (χ2v) is 9.03. The van der Waals surface area contributed by atoms with Gasteiger partial charge in [0.05, 0.1) is 24.5 Å². The Kier molecular flexibility index (Phi) is 3.76. The molecule has 0 radical (unpaired) electrons. The number of anilines is 2. The molecule has 1 aromatic carbocycles.